The summed E-state index contributed by atoms with van der Waals surface area (Å²) < 4.78 is 5.01. The number of pyridine rings is 1. The van der Waals surface area contributed by atoms with E-state index in [2.05, 4.69) is 24.1 Å². The molecule has 0 spiro atoms. The molecule has 1 atom stereocenters. The molecule has 0 fully saturated rings. The Morgan fingerprint density at radius 1 is 1.47 bits per heavy atom. The fourth-order valence-corrected chi connectivity index (χ4v) is 1.59. The first-order valence-electron chi connectivity index (χ1n) is 5.98. The smallest absolute Gasteiger partial charge is 0.212 e. The molecule has 0 amide bonds. The van der Waals surface area contributed by atoms with Crippen LogP contribution in [0, 0.1) is 0 Å². The fourth-order valence-electron chi connectivity index (χ4n) is 1.59. The second-order valence-corrected chi connectivity index (χ2v) is 4.45. The van der Waals surface area contributed by atoms with Crippen molar-refractivity contribution >= 4 is 0 Å². The van der Waals surface area contributed by atoms with E-state index < -0.39 is 0 Å². The molecule has 0 saturated heterocycles. The van der Waals surface area contributed by atoms with Gasteiger partial charge in [-0.3, -0.25) is 0 Å². The minimum Gasteiger partial charge on any atom is -0.481 e. The summed E-state index contributed by atoms with van der Waals surface area (Å²) in [5.74, 6) is 0.627. The van der Waals surface area contributed by atoms with Gasteiger partial charge in [0, 0.05) is 31.0 Å². The van der Waals surface area contributed by atoms with Crippen molar-refractivity contribution in [2.45, 2.75) is 38.8 Å². The Bertz CT molecular complexity index is 327. The highest BCUT2D eigenvalue weighted by molar-refractivity contribution is 5.17. The number of ether oxygens (including phenoxy) is 1. The normalized spacial score (nSPS) is 14.4. The largest absolute Gasteiger partial charge is 0.481 e. The number of nitrogens with one attached hydrogen (secondary N) is 1. The molecule has 0 aromatic carbocycles. The first kappa shape index (κ1) is 13.9. The zero-order chi connectivity index (χ0) is 12.7. The summed E-state index contributed by atoms with van der Waals surface area (Å²) in [6, 6.07) is 3.85. The van der Waals surface area contributed by atoms with Crippen LogP contribution in [-0.2, 0) is 6.54 Å². The molecule has 1 rings (SSSR count). The van der Waals surface area contributed by atoms with E-state index in [1.165, 1.54) is 0 Å². The summed E-state index contributed by atoms with van der Waals surface area (Å²) in [5, 5.41) is 12.5. The highest BCUT2D eigenvalue weighted by Crippen LogP contribution is 2.15. The average molecular weight is 238 g/mol. The molecule has 0 saturated carbocycles. The number of aromatic nitrogens is 1. The van der Waals surface area contributed by atoms with E-state index in [4.69, 9.17) is 9.84 Å². The van der Waals surface area contributed by atoms with E-state index in [-0.39, 0.29) is 12.1 Å². The molecule has 4 nitrogen and oxygen atoms in total. The zero-order valence-electron chi connectivity index (χ0n) is 10.9. The molecule has 1 aromatic rings. The quantitative estimate of drug-likeness (QED) is 0.759. The highest BCUT2D eigenvalue weighted by Gasteiger charge is 2.20. The summed E-state index contributed by atoms with van der Waals surface area (Å²) in [6.07, 6.45) is 3.55. The standard InChI is InChI=1S/C13H22N2O2/c1-4-13(2,7-8-16)15-10-11-5-6-12(17-3)14-9-11/h5-6,9,15-16H,4,7-8,10H2,1-3H3. The number of nitrogens with zero attached hydrogens (tertiary/aromatic N) is 1. The fraction of sp³-hybridized carbons (Fsp3) is 0.615. The first-order valence-corrected chi connectivity index (χ1v) is 5.98. The maximum absolute atomic E-state index is 9.03. The molecule has 0 aliphatic heterocycles. The van der Waals surface area contributed by atoms with Gasteiger partial charge >= 0.3 is 0 Å². The van der Waals surface area contributed by atoms with E-state index in [1.54, 1.807) is 13.3 Å². The van der Waals surface area contributed by atoms with Crippen LogP contribution in [0.3, 0.4) is 0 Å². The van der Waals surface area contributed by atoms with Crippen molar-refractivity contribution in [1.82, 2.24) is 10.3 Å². The maximum Gasteiger partial charge on any atom is 0.212 e. The SMILES string of the molecule is CCC(C)(CCO)NCc1ccc(OC)nc1. The van der Waals surface area contributed by atoms with Crippen LogP contribution in [-0.4, -0.2) is 29.3 Å². The molecule has 0 bridgehead atoms. The number of aliphatic hydroxyl groups is 1. The molecular weight excluding hydrogens is 216 g/mol. The molecular formula is C13H22N2O2. The monoisotopic (exact) mass is 238 g/mol. The average Bonchev–Trinajstić information content (AvgIpc) is 2.37. The summed E-state index contributed by atoms with van der Waals surface area (Å²) in [7, 11) is 1.61. The molecule has 2 N–H and O–H groups in total. The highest BCUT2D eigenvalue weighted by atomic mass is 16.5. The van der Waals surface area contributed by atoms with Crippen molar-refractivity contribution in [3.05, 3.63) is 23.9 Å². The van der Waals surface area contributed by atoms with Crippen LogP contribution in [0.2, 0.25) is 0 Å². The minimum atomic E-state index is -0.0192. The third-order valence-corrected chi connectivity index (χ3v) is 3.17. The lowest BCUT2D eigenvalue weighted by Crippen LogP contribution is -2.42. The minimum absolute atomic E-state index is 0.0192. The van der Waals surface area contributed by atoms with Gasteiger partial charge in [0.1, 0.15) is 0 Å². The third-order valence-electron chi connectivity index (χ3n) is 3.17. The second kappa shape index (κ2) is 6.57. The number of hydrogen-bond donors (Lipinski definition) is 2. The molecule has 0 radical (unpaired) electrons. The van der Waals surface area contributed by atoms with E-state index in [1.807, 2.05) is 12.1 Å². The zero-order valence-corrected chi connectivity index (χ0v) is 10.9. The van der Waals surface area contributed by atoms with E-state index in [9.17, 15) is 0 Å². The molecule has 1 aromatic heterocycles. The molecule has 17 heavy (non-hydrogen) atoms. The van der Waals surface area contributed by atoms with Gasteiger partial charge < -0.3 is 15.2 Å². The molecule has 0 aliphatic carbocycles. The lowest BCUT2D eigenvalue weighted by Gasteiger charge is -2.29. The summed E-state index contributed by atoms with van der Waals surface area (Å²) >= 11 is 0. The lowest BCUT2D eigenvalue weighted by molar-refractivity contribution is 0.214. The number of hydrogen-bond acceptors (Lipinski definition) is 4. The Hall–Kier alpha value is -1.13. The van der Waals surface area contributed by atoms with Crippen LogP contribution >= 0.6 is 0 Å². The summed E-state index contributed by atoms with van der Waals surface area (Å²) in [6.45, 7) is 5.20. The first-order chi connectivity index (χ1) is 8.13. The van der Waals surface area contributed by atoms with Gasteiger partial charge in [-0.1, -0.05) is 13.0 Å². The third kappa shape index (κ3) is 4.32. The lowest BCUT2D eigenvalue weighted by atomic mass is 9.94. The van der Waals surface area contributed by atoms with Crippen molar-refractivity contribution in [3.8, 4) is 5.88 Å². The molecule has 0 aliphatic rings. The Morgan fingerprint density at radius 3 is 2.71 bits per heavy atom. The maximum atomic E-state index is 9.03. The van der Waals surface area contributed by atoms with Crippen LogP contribution in [0.5, 0.6) is 5.88 Å². The predicted molar refractivity (Wildman–Crippen MR) is 68.0 cm³/mol. The summed E-state index contributed by atoms with van der Waals surface area (Å²) in [4.78, 5) is 4.16. The van der Waals surface area contributed by atoms with Gasteiger partial charge in [-0.15, -0.1) is 0 Å². The number of methoxy groups -OCH3 is 1. The van der Waals surface area contributed by atoms with Gasteiger partial charge in [0.25, 0.3) is 0 Å². The van der Waals surface area contributed by atoms with Crippen LogP contribution in [0.1, 0.15) is 32.3 Å². The Balaban J connectivity index is 2.53. The van der Waals surface area contributed by atoms with E-state index in [0.29, 0.717) is 5.88 Å². The van der Waals surface area contributed by atoms with Crippen molar-refractivity contribution in [3.63, 3.8) is 0 Å². The van der Waals surface area contributed by atoms with Gasteiger partial charge in [0.15, 0.2) is 0 Å². The second-order valence-electron chi connectivity index (χ2n) is 4.45. The Kier molecular flexibility index (Phi) is 5.38. The number of rotatable bonds is 7. The Labute approximate surface area is 103 Å². The van der Waals surface area contributed by atoms with Crippen LogP contribution < -0.4 is 10.1 Å². The van der Waals surface area contributed by atoms with Gasteiger partial charge in [-0.25, -0.2) is 4.98 Å². The molecule has 1 heterocycles. The van der Waals surface area contributed by atoms with Crippen molar-refractivity contribution in [2.24, 2.45) is 0 Å². The topological polar surface area (TPSA) is 54.4 Å². The summed E-state index contributed by atoms with van der Waals surface area (Å²) in [5.41, 5.74) is 1.10. The van der Waals surface area contributed by atoms with Crippen LogP contribution in [0.25, 0.3) is 0 Å². The van der Waals surface area contributed by atoms with Gasteiger partial charge in [-0.2, -0.15) is 0 Å². The van der Waals surface area contributed by atoms with Crippen LogP contribution in [0.15, 0.2) is 18.3 Å². The molecule has 4 heteroatoms. The van der Waals surface area contributed by atoms with Crippen molar-refractivity contribution in [1.29, 1.82) is 0 Å². The van der Waals surface area contributed by atoms with Crippen molar-refractivity contribution < 1.29 is 9.84 Å². The van der Waals surface area contributed by atoms with Crippen molar-refractivity contribution in [2.75, 3.05) is 13.7 Å². The Morgan fingerprint density at radius 2 is 2.24 bits per heavy atom. The van der Waals surface area contributed by atoms with Gasteiger partial charge in [0.05, 0.1) is 7.11 Å². The van der Waals surface area contributed by atoms with E-state index in [0.717, 1.165) is 24.9 Å². The van der Waals surface area contributed by atoms with E-state index >= 15 is 0 Å². The number of aliphatic hydroxyl groups excluding tert-OH is 1. The molecule has 96 valence electrons. The van der Waals surface area contributed by atoms with Crippen LogP contribution in [0.4, 0.5) is 0 Å². The molecule has 1 unspecified atom stereocenters. The predicted octanol–water partition coefficient (Wildman–Crippen LogP) is 1.73. The van der Waals surface area contributed by atoms with Gasteiger partial charge in [-0.05, 0) is 25.3 Å². The van der Waals surface area contributed by atoms with Gasteiger partial charge in [0.2, 0.25) is 5.88 Å².